The minimum atomic E-state index is 0.0765. The molecule has 0 fully saturated rings. The molecule has 0 aliphatic heterocycles. The fraction of sp³-hybridized carbons (Fsp3) is 0.131. The Morgan fingerprint density at radius 2 is 0.909 bits per heavy atom. The number of rotatable bonds is 5. The highest BCUT2D eigenvalue weighted by Gasteiger charge is 2.38. The van der Waals surface area contributed by atoms with Gasteiger partial charge in [-0.05, 0) is 123 Å². The summed E-state index contributed by atoms with van der Waals surface area (Å²) in [6, 6.07) is 67.9. The molecule has 12 aromatic rings. The largest absolute Gasteiger partial charge is 0.309 e. The Hall–Kier alpha value is -7.89. The van der Waals surface area contributed by atoms with Crippen molar-refractivity contribution in [1.82, 2.24) is 24.1 Å². The van der Waals surface area contributed by atoms with E-state index in [1.807, 2.05) is 0 Å². The summed E-state index contributed by atoms with van der Waals surface area (Å²) in [5, 5.41) is 9.78. The Kier molecular flexibility index (Phi) is 8.36. The predicted molar refractivity (Wildman–Crippen MR) is 275 cm³/mol. The van der Waals surface area contributed by atoms with Crippen molar-refractivity contribution in [2.45, 2.75) is 51.4 Å². The van der Waals surface area contributed by atoms with Gasteiger partial charge < -0.3 is 9.13 Å². The Bertz CT molecular complexity index is 3920. The molecule has 0 atom stereocenters. The summed E-state index contributed by atoms with van der Waals surface area (Å²) in [6.07, 6.45) is 2.34. The fourth-order valence-electron chi connectivity index (χ4n) is 11.0. The van der Waals surface area contributed by atoms with Gasteiger partial charge in [-0.3, -0.25) is 0 Å². The van der Waals surface area contributed by atoms with E-state index in [4.69, 9.17) is 15.0 Å². The molecule has 0 bridgehead atoms. The number of aromatic nitrogens is 5. The van der Waals surface area contributed by atoms with Crippen LogP contribution in [-0.2, 0) is 10.8 Å². The van der Waals surface area contributed by atoms with Gasteiger partial charge in [0.25, 0.3) is 0 Å². The summed E-state index contributed by atoms with van der Waals surface area (Å²) in [7, 11) is 0. The molecule has 9 aromatic carbocycles. The first-order chi connectivity index (χ1) is 32.2. The quantitative estimate of drug-likeness (QED) is 0.173. The number of benzene rings is 9. The van der Waals surface area contributed by atoms with Gasteiger partial charge in [-0.15, -0.1) is 0 Å². The monoisotopic (exact) mass is 849 g/mol. The Morgan fingerprint density at radius 3 is 1.68 bits per heavy atom. The summed E-state index contributed by atoms with van der Waals surface area (Å²) in [4.78, 5) is 15.9. The van der Waals surface area contributed by atoms with Crippen molar-refractivity contribution in [3.05, 3.63) is 199 Å². The number of fused-ring (bicyclic) bond motifs is 10. The molecule has 3 heterocycles. The van der Waals surface area contributed by atoms with Gasteiger partial charge in [-0.2, -0.15) is 0 Å². The lowest BCUT2D eigenvalue weighted by Gasteiger charge is -2.42. The maximum absolute atomic E-state index is 5.31. The lowest BCUT2D eigenvalue weighted by Crippen LogP contribution is -2.33. The number of hydrogen-bond donors (Lipinski definition) is 0. The third-order valence-corrected chi connectivity index (χ3v) is 14.6. The Labute approximate surface area is 383 Å². The summed E-state index contributed by atoms with van der Waals surface area (Å²) in [5.41, 5.74) is 12.8. The first kappa shape index (κ1) is 38.6. The van der Waals surface area contributed by atoms with E-state index >= 15 is 0 Å². The van der Waals surface area contributed by atoms with Crippen molar-refractivity contribution in [3.8, 4) is 45.5 Å². The zero-order valence-corrected chi connectivity index (χ0v) is 37.5. The zero-order chi connectivity index (χ0) is 44.3. The average molecular weight is 850 g/mol. The van der Waals surface area contributed by atoms with Gasteiger partial charge in [0.05, 0.1) is 22.1 Å². The predicted octanol–water partition coefficient (Wildman–Crippen LogP) is 15.7. The molecule has 13 rings (SSSR count). The third kappa shape index (κ3) is 5.89. The first-order valence-corrected chi connectivity index (χ1v) is 23.2. The average Bonchev–Trinajstić information content (AvgIpc) is 3.87. The highest BCUT2D eigenvalue weighted by Crippen LogP contribution is 2.49. The van der Waals surface area contributed by atoms with Crippen LogP contribution in [0.1, 0.15) is 51.7 Å². The van der Waals surface area contributed by atoms with E-state index in [-0.39, 0.29) is 10.8 Å². The van der Waals surface area contributed by atoms with Crippen LogP contribution >= 0.6 is 0 Å². The smallest absolute Gasteiger partial charge is 0.164 e. The third-order valence-electron chi connectivity index (χ3n) is 14.6. The molecule has 1 aliphatic carbocycles. The molecule has 66 heavy (non-hydrogen) atoms. The number of para-hydroxylation sites is 2. The van der Waals surface area contributed by atoms with Crippen LogP contribution in [0.3, 0.4) is 0 Å². The normalized spacial score (nSPS) is 14.5. The highest BCUT2D eigenvalue weighted by molar-refractivity contribution is 6.21. The van der Waals surface area contributed by atoms with Crippen molar-refractivity contribution in [2.24, 2.45) is 0 Å². The van der Waals surface area contributed by atoms with E-state index in [1.165, 1.54) is 60.9 Å². The van der Waals surface area contributed by atoms with Crippen molar-refractivity contribution in [1.29, 1.82) is 0 Å². The Balaban J connectivity index is 1.01. The van der Waals surface area contributed by atoms with Crippen molar-refractivity contribution in [2.75, 3.05) is 0 Å². The van der Waals surface area contributed by atoms with E-state index in [1.54, 1.807) is 0 Å². The summed E-state index contributed by atoms with van der Waals surface area (Å²) >= 11 is 0. The van der Waals surface area contributed by atoms with E-state index in [0.717, 1.165) is 56.3 Å². The molecule has 5 nitrogen and oxygen atoms in total. The fourth-order valence-corrected chi connectivity index (χ4v) is 11.0. The summed E-state index contributed by atoms with van der Waals surface area (Å²) < 4.78 is 4.82. The molecule has 0 amide bonds. The number of nitrogens with zero attached hydrogens (tertiary/aromatic N) is 5. The van der Waals surface area contributed by atoms with E-state index in [2.05, 4.69) is 225 Å². The minimum Gasteiger partial charge on any atom is -0.309 e. The lowest BCUT2D eigenvalue weighted by molar-refractivity contribution is 0.332. The van der Waals surface area contributed by atoms with Crippen LogP contribution in [-0.4, -0.2) is 24.1 Å². The molecule has 316 valence electrons. The maximum atomic E-state index is 5.31. The molecule has 3 aromatic heterocycles. The number of hydrogen-bond acceptors (Lipinski definition) is 3. The molecule has 5 heteroatoms. The van der Waals surface area contributed by atoms with Crippen LogP contribution in [0.15, 0.2) is 188 Å². The second kappa shape index (κ2) is 14.3. The second-order valence-corrected chi connectivity index (χ2v) is 19.5. The minimum absolute atomic E-state index is 0.0765. The van der Waals surface area contributed by atoms with Crippen LogP contribution in [0.4, 0.5) is 0 Å². The van der Waals surface area contributed by atoms with Crippen LogP contribution in [0.25, 0.3) is 111 Å². The van der Waals surface area contributed by atoms with Crippen molar-refractivity contribution in [3.63, 3.8) is 0 Å². The molecule has 0 spiro atoms. The molecular weight excluding hydrogens is 803 g/mol. The molecule has 0 saturated heterocycles. The molecule has 0 unspecified atom stereocenters. The Morgan fingerprint density at radius 1 is 0.364 bits per heavy atom. The first-order valence-electron chi connectivity index (χ1n) is 23.2. The van der Waals surface area contributed by atoms with Gasteiger partial charge in [-0.1, -0.05) is 149 Å². The van der Waals surface area contributed by atoms with Crippen LogP contribution < -0.4 is 0 Å². The standard InChI is InChI=1S/C61H47N5/c1-60(2)33-34-61(3,4)51-37-55-49(36-50(51)60)56-45-21-11-9-16-39(45)28-32-53(56)66(55)43-29-25-40(26-30-43)57-62-58(64-59(63-57)48-23-14-17-38-15-8-10-20-44(38)48)41-27-31-47-46-22-12-13-24-52(46)65(54(47)35-41)42-18-6-5-7-19-42/h5-32,35-37H,33-34H2,1-4H3. The van der Waals surface area contributed by atoms with Crippen LogP contribution in [0, 0.1) is 0 Å². The van der Waals surface area contributed by atoms with Gasteiger partial charge in [0.15, 0.2) is 17.5 Å². The lowest BCUT2D eigenvalue weighted by atomic mass is 9.63. The topological polar surface area (TPSA) is 48.5 Å². The van der Waals surface area contributed by atoms with Gasteiger partial charge in [0.1, 0.15) is 0 Å². The van der Waals surface area contributed by atoms with Crippen molar-refractivity contribution < 1.29 is 0 Å². The molecule has 1 aliphatic rings. The van der Waals surface area contributed by atoms with E-state index in [0.29, 0.717) is 17.5 Å². The van der Waals surface area contributed by atoms with E-state index < -0.39 is 0 Å². The molecular formula is C61H47N5. The molecule has 0 radical (unpaired) electrons. The molecule has 0 N–H and O–H groups in total. The van der Waals surface area contributed by atoms with E-state index in [9.17, 15) is 0 Å². The SMILES string of the molecule is CC1(C)CCC(C)(C)c2cc3c(cc21)c1c2ccccc2ccc1n3-c1ccc(-c2nc(-c3ccc4c5ccccc5n(-c5ccccc5)c4c3)nc(-c3cccc4ccccc34)n2)cc1. The van der Waals surface area contributed by atoms with Gasteiger partial charge in [0, 0.05) is 49.6 Å². The highest BCUT2D eigenvalue weighted by atomic mass is 15.0. The van der Waals surface area contributed by atoms with Gasteiger partial charge in [-0.25, -0.2) is 15.0 Å². The van der Waals surface area contributed by atoms with Gasteiger partial charge in [0.2, 0.25) is 0 Å². The van der Waals surface area contributed by atoms with Crippen LogP contribution in [0.2, 0.25) is 0 Å². The molecule has 0 saturated carbocycles. The van der Waals surface area contributed by atoms with Gasteiger partial charge >= 0.3 is 0 Å². The van der Waals surface area contributed by atoms with Crippen LogP contribution in [0.5, 0.6) is 0 Å². The zero-order valence-electron chi connectivity index (χ0n) is 37.5. The summed E-state index contributed by atoms with van der Waals surface area (Å²) in [6.45, 7) is 9.68. The van der Waals surface area contributed by atoms with Crippen molar-refractivity contribution >= 4 is 65.2 Å². The maximum Gasteiger partial charge on any atom is 0.164 e. The second-order valence-electron chi connectivity index (χ2n) is 19.5. The summed E-state index contributed by atoms with van der Waals surface area (Å²) in [5.74, 6) is 1.90.